The summed E-state index contributed by atoms with van der Waals surface area (Å²) < 4.78 is 0. The fraction of sp³-hybridized carbons (Fsp3) is 1.00. The molecule has 1 aliphatic carbocycles. The summed E-state index contributed by atoms with van der Waals surface area (Å²) in [7, 11) is 0. The van der Waals surface area contributed by atoms with E-state index < -0.39 is 0 Å². The van der Waals surface area contributed by atoms with Crippen LogP contribution < -0.4 is 10.6 Å². The average molecular weight is 182 g/mol. The molecule has 0 spiro atoms. The van der Waals surface area contributed by atoms with Gasteiger partial charge < -0.3 is 10.6 Å². The summed E-state index contributed by atoms with van der Waals surface area (Å²) in [6, 6.07) is 0.792. The van der Waals surface area contributed by atoms with Crippen molar-refractivity contribution in [3.63, 3.8) is 0 Å². The maximum atomic E-state index is 3.68. The van der Waals surface area contributed by atoms with Crippen molar-refractivity contribution in [3.8, 4) is 0 Å². The van der Waals surface area contributed by atoms with Crippen molar-refractivity contribution in [2.45, 2.75) is 33.2 Å². The predicted octanol–water partition coefficient (Wildman–Crippen LogP) is 1.23. The van der Waals surface area contributed by atoms with E-state index in [4.69, 9.17) is 0 Å². The molecule has 2 rings (SSSR count). The Bertz CT molecular complexity index is 189. The van der Waals surface area contributed by atoms with Gasteiger partial charge in [0, 0.05) is 6.04 Å². The molecule has 1 unspecified atom stereocenters. The second kappa shape index (κ2) is 3.25. The third-order valence-corrected chi connectivity index (χ3v) is 3.82. The first-order valence-corrected chi connectivity index (χ1v) is 5.54. The van der Waals surface area contributed by atoms with Crippen LogP contribution in [0.25, 0.3) is 0 Å². The molecular weight excluding hydrogens is 160 g/mol. The van der Waals surface area contributed by atoms with Crippen LogP contribution in [-0.2, 0) is 0 Å². The van der Waals surface area contributed by atoms with Gasteiger partial charge in [-0.2, -0.15) is 0 Å². The summed E-state index contributed by atoms with van der Waals surface area (Å²) in [5.74, 6) is 1.71. The maximum absolute atomic E-state index is 3.68. The molecule has 0 aromatic rings. The van der Waals surface area contributed by atoms with Crippen molar-refractivity contribution in [1.82, 2.24) is 10.6 Å². The van der Waals surface area contributed by atoms with Gasteiger partial charge >= 0.3 is 0 Å². The molecule has 1 saturated carbocycles. The SMILES string of the molecule is C[C@@H]1CNC[C@H]1CNC1CC1(C)C. The second-order valence-corrected chi connectivity index (χ2v) is 5.55. The quantitative estimate of drug-likeness (QED) is 0.686. The highest BCUT2D eigenvalue weighted by Gasteiger charge is 2.45. The van der Waals surface area contributed by atoms with Gasteiger partial charge in [0.1, 0.15) is 0 Å². The first-order valence-electron chi connectivity index (χ1n) is 5.54. The van der Waals surface area contributed by atoms with E-state index in [1.807, 2.05) is 0 Å². The first kappa shape index (κ1) is 9.47. The minimum atomic E-state index is 0.579. The smallest absolute Gasteiger partial charge is 0.0125 e. The highest BCUT2D eigenvalue weighted by molar-refractivity contribution is 5.01. The first-order chi connectivity index (χ1) is 6.09. The Labute approximate surface area is 81.5 Å². The van der Waals surface area contributed by atoms with Crippen LogP contribution in [0, 0.1) is 17.3 Å². The molecule has 2 fully saturated rings. The van der Waals surface area contributed by atoms with Crippen LogP contribution in [0.2, 0.25) is 0 Å². The van der Waals surface area contributed by atoms with Gasteiger partial charge in [-0.25, -0.2) is 0 Å². The van der Waals surface area contributed by atoms with Gasteiger partial charge in [-0.3, -0.25) is 0 Å². The normalized spacial score (nSPS) is 42.2. The summed E-state index contributed by atoms with van der Waals surface area (Å²) in [4.78, 5) is 0. The standard InChI is InChI=1S/C11H22N2/c1-8-5-12-6-9(8)7-13-10-4-11(10,2)3/h8-10,12-13H,4-7H2,1-3H3/t8-,9+,10?/m1/s1. The lowest BCUT2D eigenvalue weighted by molar-refractivity contribution is 0.404. The van der Waals surface area contributed by atoms with E-state index >= 15 is 0 Å². The van der Waals surface area contributed by atoms with Crippen LogP contribution in [0.5, 0.6) is 0 Å². The molecule has 13 heavy (non-hydrogen) atoms. The Morgan fingerprint density at radius 1 is 1.38 bits per heavy atom. The van der Waals surface area contributed by atoms with Gasteiger partial charge in [-0.1, -0.05) is 20.8 Å². The molecule has 0 bridgehead atoms. The predicted molar refractivity (Wildman–Crippen MR) is 55.7 cm³/mol. The van der Waals surface area contributed by atoms with E-state index in [1.54, 1.807) is 0 Å². The van der Waals surface area contributed by atoms with E-state index in [9.17, 15) is 0 Å². The van der Waals surface area contributed by atoms with Crippen molar-refractivity contribution in [1.29, 1.82) is 0 Å². The molecule has 1 aliphatic heterocycles. The largest absolute Gasteiger partial charge is 0.316 e. The molecule has 2 N–H and O–H groups in total. The summed E-state index contributed by atoms with van der Waals surface area (Å²) in [5.41, 5.74) is 0.579. The van der Waals surface area contributed by atoms with Gasteiger partial charge in [0.25, 0.3) is 0 Å². The monoisotopic (exact) mass is 182 g/mol. The lowest BCUT2D eigenvalue weighted by atomic mass is 9.98. The zero-order chi connectivity index (χ0) is 9.47. The summed E-state index contributed by atoms with van der Waals surface area (Å²) in [5, 5.41) is 7.13. The van der Waals surface area contributed by atoms with Gasteiger partial charge in [-0.15, -0.1) is 0 Å². The third kappa shape index (κ3) is 2.05. The summed E-state index contributed by atoms with van der Waals surface area (Å²) in [6.45, 7) is 10.7. The minimum Gasteiger partial charge on any atom is -0.316 e. The van der Waals surface area contributed by atoms with Crippen LogP contribution in [0.3, 0.4) is 0 Å². The highest BCUT2D eigenvalue weighted by atomic mass is 15.0. The molecule has 0 aromatic carbocycles. The fourth-order valence-electron chi connectivity index (χ4n) is 2.25. The van der Waals surface area contributed by atoms with Crippen molar-refractivity contribution in [2.24, 2.45) is 17.3 Å². The van der Waals surface area contributed by atoms with Crippen LogP contribution in [-0.4, -0.2) is 25.7 Å². The Hall–Kier alpha value is -0.0800. The minimum absolute atomic E-state index is 0.579. The summed E-state index contributed by atoms with van der Waals surface area (Å²) >= 11 is 0. The maximum Gasteiger partial charge on any atom is 0.0125 e. The van der Waals surface area contributed by atoms with E-state index in [0.29, 0.717) is 5.41 Å². The Morgan fingerprint density at radius 2 is 2.08 bits per heavy atom. The van der Waals surface area contributed by atoms with Crippen molar-refractivity contribution in [2.75, 3.05) is 19.6 Å². The molecule has 2 heteroatoms. The van der Waals surface area contributed by atoms with Gasteiger partial charge in [0.15, 0.2) is 0 Å². The fourth-order valence-corrected chi connectivity index (χ4v) is 2.25. The number of hydrogen-bond donors (Lipinski definition) is 2. The van der Waals surface area contributed by atoms with Crippen molar-refractivity contribution < 1.29 is 0 Å². The van der Waals surface area contributed by atoms with E-state index in [1.165, 1.54) is 26.1 Å². The lowest BCUT2D eigenvalue weighted by Crippen LogP contribution is -2.30. The van der Waals surface area contributed by atoms with Crippen molar-refractivity contribution >= 4 is 0 Å². The Balaban J connectivity index is 1.68. The molecule has 2 nitrogen and oxygen atoms in total. The molecule has 3 atom stereocenters. The molecule has 76 valence electrons. The van der Waals surface area contributed by atoms with E-state index in [-0.39, 0.29) is 0 Å². The Morgan fingerprint density at radius 3 is 2.54 bits per heavy atom. The number of nitrogens with one attached hydrogen (secondary N) is 2. The van der Waals surface area contributed by atoms with Gasteiger partial charge in [0.05, 0.1) is 0 Å². The molecular formula is C11H22N2. The van der Waals surface area contributed by atoms with Crippen LogP contribution in [0.1, 0.15) is 27.2 Å². The molecule has 1 saturated heterocycles. The molecule has 1 heterocycles. The van der Waals surface area contributed by atoms with Gasteiger partial charge in [0.2, 0.25) is 0 Å². The lowest BCUT2D eigenvalue weighted by Gasteiger charge is -2.15. The second-order valence-electron chi connectivity index (χ2n) is 5.55. The average Bonchev–Trinajstić information content (AvgIpc) is 2.47. The van der Waals surface area contributed by atoms with Crippen LogP contribution in [0.15, 0.2) is 0 Å². The number of hydrogen-bond acceptors (Lipinski definition) is 2. The van der Waals surface area contributed by atoms with E-state index in [2.05, 4.69) is 31.4 Å². The topological polar surface area (TPSA) is 24.1 Å². The molecule has 0 radical (unpaired) electrons. The van der Waals surface area contributed by atoms with Crippen molar-refractivity contribution in [3.05, 3.63) is 0 Å². The van der Waals surface area contributed by atoms with Gasteiger partial charge in [-0.05, 0) is 43.3 Å². The van der Waals surface area contributed by atoms with E-state index in [0.717, 1.165) is 17.9 Å². The number of rotatable bonds is 3. The molecule has 0 aromatic heterocycles. The molecule has 2 aliphatic rings. The zero-order valence-corrected chi connectivity index (χ0v) is 9.06. The third-order valence-electron chi connectivity index (χ3n) is 3.82. The van der Waals surface area contributed by atoms with Crippen LogP contribution in [0.4, 0.5) is 0 Å². The highest BCUT2D eigenvalue weighted by Crippen LogP contribution is 2.44. The Kier molecular flexibility index (Phi) is 2.37. The zero-order valence-electron chi connectivity index (χ0n) is 9.06. The summed E-state index contributed by atoms with van der Waals surface area (Å²) in [6.07, 6.45) is 1.36. The molecule has 0 amide bonds. The van der Waals surface area contributed by atoms with Crippen LogP contribution >= 0.6 is 0 Å².